The van der Waals surface area contributed by atoms with Gasteiger partial charge in [-0.2, -0.15) is 0 Å². The summed E-state index contributed by atoms with van der Waals surface area (Å²) >= 11 is 0. The van der Waals surface area contributed by atoms with Gasteiger partial charge in [0, 0.05) is 6.04 Å². The number of hydrogen-bond donors (Lipinski definition) is 1. The van der Waals surface area contributed by atoms with Crippen molar-refractivity contribution in [2.45, 2.75) is 57.4 Å². The highest BCUT2D eigenvalue weighted by molar-refractivity contribution is 5.39. The van der Waals surface area contributed by atoms with Crippen LogP contribution in [0.2, 0.25) is 0 Å². The Bertz CT molecular complexity index is 461. The molecule has 1 heterocycles. The van der Waals surface area contributed by atoms with E-state index in [0.29, 0.717) is 6.04 Å². The van der Waals surface area contributed by atoms with Crippen molar-refractivity contribution in [1.29, 1.82) is 0 Å². The number of hydrogen-bond acceptors (Lipinski definition) is 1. The summed E-state index contributed by atoms with van der Waals surface area (Å²) in [5, 5.41) is 3.61. The van der Waals surface area contributed by atoms with E-state index in [9.17, 15) is 0 Å². The average molecular weight is 255 g/mol. The Morgan fingerprint density at radius 2 is 1.79 bits per heavy atom. The van der Waals surface area contributed by atoms with Crippen LogP contribution in [0.1, 0.15) is 67.2 Å². The minimum absolute atomic E-state index is 0.620. The van der Waals surface area contributed by atoms with Crippen molar-refractivity contribution in [3.8, 4) is 0 Å². The van der Waals surface area contributed by atoms with Crippen LogP contribution in [0.4, 0.5) is 0 Å². The highest BCUT2D eigenvalue weighted by Gasteiger charge is 2.51. The summed E-state index contributed by atoms with van der Waals surface area (Å²) in [4.78, 5) is 0. The molecule has 102 valence electrons. The van der Waals surface area contributed by atoms with E-state index in [0.717, 1.165) is 17.8 Å². The van der Waals surface area contributed by atoms with Crippen LogP contribution in [0.25, 0.3) is 0 Å². The third-order valence-electron chi connectivity index (χ3n) is 5.77. The summed E-state index contributed by atoms with van der Waals surface area (Å²) in [7, 11) is 0. The SMILES string of the molecule is Cc1cc(C2CCCN2)ccc1C1[C@H]2CCCC[C@@H]12. The lowest BCUT2D eigenvalue weighted by molar-refractivity contribution is 0.480. The van der Waals surface area contributed by atoms with Crippen LogP contribution in [0.5, 0.6) is 0 Å². The maximum Gasteiger partial charge on any atom is 0.0320 e. The molecule has 1 nitrogen and oxygen atoms in total. The van der Waals surface area contributed by atoms with Crippen molar-refractivity contribution in [2.24, 2.45) is 11.8 Å². The zero-order valence-electron chi connectivity index (χ0n) is 12.0. The fourth-order valence-electron chi connectivity index (χ4n) is 4.71. The van der Waals surface area contributed by atoms with Crippen LogP contribution in [0.15, 0.2) is 18.2 Å². The van der Waals surface area contributed by atoms with Gasteiger partial charge in [0.1, 0.15) is 0 Å². The molecular weight excluding hydrogens is 230 g/mol. The van der Waals surface area contributed by atoms with E-state index in [4.69, 9.17) is 0 Å². The van der Waals surface area contributed by atoms with Gasteiger partial charge >= 0.3 is 0 Å². The fraction of sp³-hybridized carbons (Fsp3) is 0.667. The van der Waals surface area contributed by atoms with E-state index in [2.05, 4.69) is 30.4 Å². The van der Waals surface area contributed by atoms with Gasteiger partial charge in [0.2, 0.25) is 0 Å². The summed E-state index contributed by atoms with van der Waals surface area (Å²) in [5.41, 5.74) is 4.73. The molecule has 0 spiro atoms. The predicted molar refractivity (Wildman–Crippen MR) is 79.3 cm³/mol. The molecule has 1 saturated heterocycles. The molecule has 1 N–H and O–H groups in total. The van der Waals surface area contributed by atoms with Gasteiger partial charge < -0.3 is 5.32 Å². The van der Waals surface area contributed by atoms with Crippen molar-refractivity contribution in [2.75, 3.05) is 6.54 Å². The van der Waals surface area contributed by atoms with Gasteiger partial charge in [0.05, 0.1) is 0 Å². The second kappa shape index (κ2) is 4.63. The molecule has 0 amide bonds. The molecule has 0 radical (unpaired) electrons. The second-order valence-corrected chi connectivity index (χ2v) is 6.90. The summed E-state index contributed by atoms with van der Waals surface area (Å²) in [6, 6.07) is 7.93. The van der Waals surface area contributed by atoms with Gasteiger partial charge in [-0.25, -0.2) is 0 Å². The maximum absolute atomic E-state index is 3.61. The Morgan fingerprint density at radius 1 is 1.00 bits per heavy atom. The van der Waals surface area contributed by atoms with Gasteiger partial charge in [-0.3, -0.25) is 0 Å². The molecule has 0 bridgehead atoms. The first kappa shape index (κ1) is 12.0. The third kappa shape index (κ3) is 2.03. The van der Waals surface area contributed by atoms with Gasteiger partial charge in [0.15, 0.2) is 0 Å². The van der Waals surface area contributed by atoms with Gasteiger partial charge in [-0.05, 0) is 73.6 Å². The molecule has 2 saturated carbocycles. The molecule has 3 aliphatic rings. The van der Waals surface area contributed by atoms with E-state index >= 15 is 0 Å². The van der Waals surface area contributed by atoms with E-state index in [1.165, 1.54) is 50.6 Å². The Kier molecular flexibility index (Phi) is 2.91. The number of rotatable bonds is 2. The molecule has 1 aromatic rings. The van der Waals surface area contributed by atoms with Crippen molar-refractivity contribution < 1.29 is 0 Å². The zero-order valence-corrected chi connectivity index (χ0v) is 12.0. The van der Waals surface area contributed by atoms with Gasteiger partial charge in [-0.15, -0.1) is 0 Å². The molecule has 3 fully saturated rings. The zero-order chi connectivity index (χ0) is 12.8. The minimum Gasteiger partial charge on any atom is -0.310 e. The summed E-state index contributed by atoms with van der Waals surface area (Å²) in [5.74, 6) is 2.97. The average Bonchev–Trinajstić information content (AvgIpc) is 2.90. The molecule has 2 aliphatic carbocycles. The van der Waals surface area contributed by atoms with Crippen LogP contribution >= 0.6 is 0 Å². The third-order valence-corrected chi connectivity index (χ3v) is 5.77. The lowest BCUT2D eigenvalue weighted by Crippen LogP contribution is -2.13. The molecule has 1 aromatic carbocycles. The van der Waals surface area contributed by atoms with Crippen molar-refractivity contribution in [1.82, 2.24) is 5.32 Å². The van der Waals surface area contributed by atoms with Crippen LogP contribution < -0.4 is 5.32 Å². The molecule has 0 aromatic heterocycles. The summed E-state index contributed by atoms with van der Waals surface area (Å²) < 4.78 is 0. The predicted octanol–water partition coefficient (Wildman–Crippen LogP) is 4.32. The van der Waals surface area contributed by atoms with Crippen LogP contribution in [-0.2, 0) is 0 Å². The molecule has 19 heavy (non-hydrogen) atoms. The highest BCUT2D eigenvalue weighted by Crippen LogP contribution is 2.61. The molecule has 4 rings (SSSR count). The monoisotopic (exact) mass is 255 g/mol. The second-order valence-electron chi connectivity index (χ2n) is 6.90. The Hall–Kier alpha value is -0.820. The van der Waals surface area contributed by atoms with Crippen LogP contribution in [0, 0.1) is 18.8 Å². The number of benzene rings is 1. The maximum atomic E-state index is 3.61. The number of aryl methyl sites for hydroxylation is 1. The Labute approximate surface area is 116 Å². The quantitative estimate of drug-likeness (QED) is 0.829. The van der Waals surface area contributed by atoms with E-state index in [-0.39, 0.29) is 0 Å². The normalized spacial score (nSPS) is 37.1. The number of nitrogens with one attached hydrogen (secondary N) is 1. The Morgan fingerprint density at radius 3 is 2.42 bits per heavy atom. The smallest absolute Gasteiger partial charge is 0.0320 e. The largest absolute Gasteiger partial charge is 0.310 e. The van der Waals surface area contributed by atoms with Gasteiger partial charge in [0.25, 0.3) is 0 Å². The lowest BCUT2D eigenvalue weighted by atomic mass is 9.96. The molecule has 2 unspecified atom stereocenters. The number of fused-ring (bicyclic) bond motifs is 1. The molecule has 1 aliphatic heterocycles. The molecule has 4 atom stereocenters. The van der Waals surface area contributed by atoms with E-state index in [1.807, 2.05) is 0 Å². The standard InChI is InChI=1S/C18H25N/c1-12-11-13(17-7-4-10-19-17)8-9-14(12)18-15-5-2-3-6-16(15)18/h8-9,11,15-19H,2-7,10H2,1H3/t15-,16+,17?,18?. The first-order valence-corrected chi connectivity index (χ1v) is 8.18. The van der Waals surface area contributed by atoms with Crippen molar-refractivity contribution >= 4 is 0 Å². The first-order valence-electron chi connectivity index (χ1n) is 8.18. The van der Waals surface area contributed by atoms with Crippen molar-refractivity contribution in [3.05, 3.63) is 34.9 Å². The summed E-state index contributed by atoms with van der Waals surface area (Å²) in [6.07, 6.45) is 8.56. The van der Waals surface area contributed by atoms with Crippen molar-refractivity contribution in [3.63, 3.8) is 0 Å². The molecular formula is C18H25N. The lowest BCUT2D eigenvalue weighted by Gasteiger charge is -2.14. The molecule has 1 heteroatoms. The van der Waals surface area contributed by atoms with Crippen LogP contribution in [-0.4, -0.2) is 6.54 Å². The van der Waals surface area contributed by atoms with Crippen LogP contribution in [0.3, 0.4) is 0 Å². The summed E-state index contributed by atoms with van der Waals surface area (Å²) in [6.45, 7) is 3.52. The van der Waals surface area contributed by atoms with E-state index in [1.54, 1.807) is 11.1 Å². The Balaban J connectivity index is 1.57. The topological polar surface area (TPSA) is 12.0 Å². The minimum atomic E-state index is 0.620. The highest BCUT2D eigenvalue weighted by atomic mass is 14.9. The fourth-order valence-corrected chi connectivity index (χ4v) is 4.71. The first-order chi connectivity index (χ1) is 9.34. The van der Waals surface area contributed by atoms with Gasteiger partial charge in [-0.1, -0.05) is 31.0 Å². The van der Waals surface area contributed by atoms with E-state index < -0.39 is 0 Å².